The Morgan fingerprint density at radius 3 is 2.28 bits per heavy atom. The highest BCUT2D eigenvalue weighted by molar-refractivity contribution is 5.81. The molecule has 0 aliphatic rings. The summed E-state index contributed by atoms with van der Waals surface area (Å²) in [5, 5.41) is 1.25. The number of aromatic nitrogens is 1. The topological polar surface area (TPSA) is 49.7 Å². The zero-order chi connectivity index (χ0) is 20.8. The predicted octanol–water partition coefficient (Wildman–Crippen LogP) is 4.96. The molecule has 0 saturated heterocycles. The van der Waals surface area contributed by atoms with Crippen molar-refractivity contribution in [2.24, 2.45) is 0 Å². The fourth-order valence-electron chi connectivity index (χ4n) is 3.77. The van der Waals surface area contributed by atoms with E-state index in [1.807, 2.05) is 12.1 Å². The largest absolute Gasteiger partial charge is 0.493 e. The van der Waals surface area contributed by atoms with E-state index in [-0.39, 0.29) is 5.78 Å². The van der Waals surface area contributed by atoms with Gasteiger partial charge in [-0.1, -0.05) is 18.2 Å². The quantitative estimate of drug-likeness (QED) is 0.487. The molecule has 1 aromatic heterocycles. The van der Waals surface area contributed by atoms with Crippen LogP contribution in [0.2, 0.25) is 0 Å². The summed E-state index contributed by atoms with van der Waals surface area (Å²) in [5.74, 6) is 2.07. The number of benzene rings is 2. The monoisotopic (exact) mass is 395 g/mol. The number of ketones is 1. The van der Waals surface area contributed by atoms with Gasteiger partial charge in [0.25, 0.3) is 0 Å². The second-order valence-electron chi connectivity index (χ2n) is 7.17. The second kappa shape index (κ2) is 9.50. The van der Waals surface area contributed by atoms with E-state index in [1.165, 1.54) is 16.6 Å². The van der Waals surface area contributed by atoms with Gasteiger partial charge in [-0.25, -0.2) is 0 Å². The first-order chi connectivity index (χ1) is 14.1. The van der Waals surface area contributed by atoms with Crippen LogP contribution in [0.1, 0.15) is 30.5 Å². The van der Waals surface area contributed by atoms with E-state index in [4.69, 9.17) is 14.2 Å². The summed E-state index contributed by atoms with van der Waals surface area (Å²) in [6, 6.07) is 14.4. The molecule has 0 amide bonds. The number of nitrogens with zero attached hydrogens (tertiary/aromatic N) is 1. The Morgan fingerprint density at radius 1 is 0.931 bits per heavy atom. The molecule has 3 rings (SSSR count). The maximum absolute atomic E-state index is 12.4. The predicted molar refractivity (Wildman–Crippen MR) is 115 cm³/mol. The number of methoxy groups -OCH3 is 3. The average molecular weight is 395 g/mol. The van der Waals surface area contributed by atoms with Crippen molar-refractivity contribution in [3.8, 4) is 17.2 Å². The van der Waals surface area contributed by atoms with Gasteiger partial charge in [-0.3, -0.25) is 4.79 Å². The van der Waals surface area contributed by atoms with Gasteiger partial charge in [0.15, 0.2) is 11.5 Å². The molecule has 0 N–H and O–H groups in total. The molecule has 0 unspecified atom stereocenters. The molecule has 1 heterocycles. The highest BCUT2D eigenvalue weighted by Gasteiger charge is 2.14. The van der Waals surface area contributed by atoms with Gasteiger partial charge in [-0.05, 0) is 55.0 Å². The minimum atomic E-state index is 0.271. The summed E-state index contributed by atoms with van der Waals surface area (Å²) in [6.45, 7) is 2.97. The molecule has 0 radical (unpaired) electrons. The average Bonchev–Trinajstić information content (AvgIpc) is 3.06. The molecule has 0 fully saturated rings. The first kappa shape index (κ1) is 20.8. The van der Waals surface area contributed by atoms with Crippen molar-refractivity contribution >= 4 is 16.7 Å². The van der Waals surface area contributed by atoms with Crippen LogP contribution in [-0.2, 0) is 17.8 Å². The Hall–Kier alpha value is -2.95. The van der Waals surface area contributed by atoms with Gasteiger partial charge in [0.05, 0.1) is 21.3 Å². The molecule has 29 heavy (non-hydrogen) atoms. The number of rotatable bonds is 10. The summed E-state index contributed by atoms with van der Waals surface area (Å²) in [5.41, 5.74) is 3.46. The van der Waals surface area contributed by atoms with Crippen molar-refractivity contribution in [2.75, 3.05) is 21.3 Å². The molecule has 0 spiro atoms. The second-order valence-corrected chi connectivity index (χ2v) is 7.17. The molecule has 0 atom stereocenters. The summed E-state index contributed by atoms with van der Waals surface area (Å²) < 4.78 is 18.4. The Bertz CT molecular complexity index is 965. The van der Waals surface area contributed by atoms with E-state index in [9.17, 15) is 4.79 Å². The Morgan fingerprint density at radius 2 is 1.62 bits per heavy atom. The third-order valence-electron chi connectivity index (χ3n) is 5.27. The lowest BCUT2D eigenvalue weighted by Gasteiger charge is -2.14. The van der Waals surface area contributed by atoms with Crippen LogP contribution in [0, 0.1) is 6.92 Å². The number of hydrogen-bond acceptors (Lipinski definition) is 4. The SMILES string of the molecule is COc1cc(CCC(=O)CCCn2c(C)cc3ccccc32)cc(OC)c1OC. The van der Waals surface area contributed by atoms with Crippen LogP contribution in [0.4, 0.5) is 0 Å². The molecule has 0 bridgehead atoms. The Labute approximate surface area is 172 Å². The van der Waals surface area contributed by atoms with Crippen molar-refractivity contribution in [1.82, 2.24) is 4.57 Å². The Kier molecular flexibility index (Phi) is 6.81. The zero-order valence-corrected chi connectivity index (χ0v) is 17.7. The molecule has 0 aliphatic heterocycles. The van der Waals surface area contributed by atoms with Crippen molar-refractivity contribution < 1.29 is 19.0 Å². The van der Waals surface area contributed by atoms with E-state index in [1.54, 1.807) is 21.3 Å². The number of fused-ring (bicyclic) bond motifs is 1. The zero-order valence-electron chi connectivity index (χ0n) is 17.7. The molecule has 0 saturated carbocycles. The molecular weight excluding hydrogens is 366 g/mol. The van der Waals surface area contributed by atoms with Crippen LogP contribution in [0.3, 0.4) is 0 Å². The fourth-order valence-corrected chi connectivity index (χ4v) is 3.77. The van der Waals surface area contributed by atoms with Gasteiger partial charge in [-0.2, -0.15) is 0 Å². The number of carbonyl (C=O) groups excluding carboxylic acids is 1. The molecule has 2 aromatic carbocycles. The normalized spacial score (nSPS) is 10.9. The summed E-state index contributed by atoms with van der Waals surface area (Å²) in [6.07, 6.45) is 2.58. The molecule has 5 heteroatoms. The number of aryl methyl sites for hydroxylation is 3. The van der Waals surface area contributed by atoms with Gasteiger partial charge in [0.2, 0.25) is 5.75 Å². The van der Waals surface area contributed by atoms with Crippen LogP contribution in [-0.4, -0.2) is 31.7 Å². The standard InChI is InChI=1S/C24H29NO4/c1-17-14-19-8-5-6-10-21(19)25(17)13-7-9-20(26)12-11-18-15-22(27-2)24(29-4)23(16-18)28-3/h5-6,8,10,14-16H,7,9,11-13H2,1-4H3. The van der Waals surface area contributed by atoms with Crippen molar-refractivity contribution in [3.05, 3.63) is 53.7 Å². The van der Waals surface area contributed by atoms with Crippen LogP contribution in [0.5, 0.6) is 17.2 Å². The number of ether oxygens (including phenoxy) is 3. The molecular formula is C24H29NO4. The fraction of sp³-hybridized carbons (Fsp3) is 0.375. The van der Waals surface area contributed by atoms with E-state index < -0.39 is 0 Å². The lowest BCUT2D eigenvalue weighted by atomic mass is 10.0. The first-order valence-corrected chi connectivity index (χ1v) is 9.92. The van der Waals surface area contributed by atoms with E-state index in [0.717, 1.165) is 18.5 Å². The lowest BCUT2D eigenvalue weighted by molar-refractivity contribution is -0.119. The third kappa shape index (κ3) is 4.73. The highest BCUT2D eigenvalue weighted by atomic mass is 16.5. The molecule has 0 aliphatic carbocycles. The van der Waals surface area contributed by atoms with Gasteiger partial charge in [-0.15, -0.1) is 0 Å². The van der Waals surface area contributed by atoms with Crippen molar-refractivity contribution in [2.45, 2.75) is 39.2 Å². The first-order valence-electron chi connectivity index (χ1n) is 9.92. The number of Topliss-reactive ketones (excluding diaryl/α,β-unsaturated/α-hetero) is 1. The van der Waals surface area contributed by atoms with E-state index in [0.29, 0.717) is 36.5 Å². The van der Waals surface area contributed by atoms with Crippen LogP contribution in [0.15, 0.2) is 42.5 Å². The summed E-state index contributed by atoms with van der Waals surface area (Å²) in [4.78, 5) is 12.4. The van der Waals surface area contributed by atoms with Gasteiger partial charge in [0.1, 0.15) is 5.78 Å². The smallest absolute Gasteiger partial charge is 0.203 e. The van der Waals surface area contributed by atoms with E-state index in [2.05, 4.69) is 41.8 Å². The number of hydrogen-bond donors (Lipinski definition) is 0. The van der Waals surface area contributed by atoms with Crippen LogP contribution >= 0.6 is 0 Å². The molecule has 3 aromatic rings. The van der Waals surface area contributed by atoms with Gasteiger partial charge < -0.3 is 18.8 Å². The van der Waals surface area contributed by atoms with Crippen LogP contribution in [0.25, 0.3) is 10.9 Å². The van der Waals surface area contributed by atoms with Crippen molar-refractivity contribution in [3.63, 3.8) is 0 Å². The maximum atomic E-state index is 12.4. The van der Waals surface area contributed by atoms with Crippen molar-refractivity contribution in [1.29, 1.82) is 0 Å². The summed E-state index contributed by atoms with van der Waals surface area (Å²) >= 11 is 0. The number of para-hydroxylation sites is 1. The molecule has 154 valence electrons. The molecule has 5 nitrogen and oxygen atoms in total. The number of carbonyl (C=O) groups is 1. The third-order valence-corrected chi connectivity index (χ3v) is 5.27. The minimum absolute atomic E-state index is 0.271. The highest BCUT2D eigenvalue weighted by Crippen LogP contribution is 2.38. The van der Waals surface area contributed by atoms with Crippen LogP contribution < -0.4 is 14.2 Å². The minimum Gasteiger partial charge on any atom is -0.493 e. The summed E-state index contributed by atoms with van der Waals surface area (Å²) in [7, 11) is 4.78. The van der Waals surface area contributed by atoms with E-state index >= 15 is 0 Å². The lowest BCUT2D eigenvalue weighted by Crippen LogP contribution is -2.05. The Balaban J connectivity index is 1.56. The maximum Gasteiger partial charge on any atom is 0.203 e. The van der Waals surface area contributed by atoms with Gasteiger partial charge >= 0.3 is 0 Å². The van der Waals surface area contributed by atoms with Gasteiger partial charge in [0, 0.05) is 30.6 Å².